The van der Waals surface area contributed by atoms with E-state index in [1.165, 1.54) is 0 Å². The summed E-state index contributed by atoms with van der Waals surface area (Å²) in [6.07, 6.45) is 0.905. The zero-order valence-corrected chi connectivity index (χ0v) is 11.7. The van der Waals surface area contributed by atoms with Crippen molar-refractivity contribution in [2.75, 3.05) is 0 Å². The fourth-order valence-electron chi connectivity index (χ4n) is 2.42. The molecule has 0 aliphatic heterocycles. The molecule has 2 aromatic rings. The molecule has 2 atom stereocenters. The molecule has 1 aliphatic rings. The Morgan fingerprint density at radius 1 is 1.00 bits per heavy atom. The Bertz CT molecular complexity index is 619. The summed E-state index contributed by atoms with van der Waals surface area (Å²) in [7, 11) is 0. The molecule has 1 fully saturated rings. The van der Waals surface area contributed by atoms with E-state index >= 15 is 0 Å². The van der Waals surface area contributed by atoms with Crippen LogP contribution in [0.15, 0.2) is 48.5 Å². The third-order valence-corrected chi connectivity index (χ3v) is 4.02. The number of benzene rings is 2. The summed E-state index contributed by atoms with van der Waals surface area (Å²) in [6.45, 7) is 0. The van der Waals surface area contributed by atoms with Crippen molar-refractivity contribution in [2.45, 2.75) is 12.3 Å². The minimum Gasteiger partial charge on any atom is -0.294 e. The fraction of sp³-hybridized carbons (Fsp3) is 0.188. The van der Waals surface area contributed by atoms with Crippen molar-refractivity contribution < 1.29 is 4.79 Å². The van der Waals surface area contributed by atoms with Crippen LogP contribution in [0.25, 0.3) is 0 Å². The predicted octanol–water partition coefficient (Wildman–Crippen LogP) is 4.98. The lowest BCUT2D eigenvalue weighted by Gasteiger charge is -2.02. The standard InChI is InChI=1S/C16H12Cl2O/c17-12-6-4-10(5-7-12)16(19)15-9-14(15)11-2-1-3-13(18)8-11/h1-8,14-15H,9H2. The molecule has 0 bridgehead atoms. The zero-order chi connectivity index (χ0) is 13.4. The van der Waals surface area contributed by atoms with Gasteiger partial charge in [-0.2, -0.15) is 0 Å². The fourth-order valence-corrected chi connectivity index (χ4v) is 2.74. The van der Waals surface area contributed by atoms with Crippen LogP contribution in [0.3, 0.4) is 0 Å². The predicted molar refractivity (Wildman–Crippen MR) is 78.1 cm³/mol. The summed E-state index contributed by atoms with van der Waals surface area (Å²) < 4.78 is 0. The maximum atomic E-state index is 12.3. The van der Waals surface area contributed by atoms with E-state index < -0.39 is 0 Å². The summed E-state index contributed by atoms with van der Waals surface area (Å²) in [6, 6.07) is 14.9. The van der Waals surface area contributed by atoms with Gasteiger partial charge in [0.15, 0.2) is 5.78 Å². The van der Waals surface area contributed by atoms with Gasteiger partial charge in [0.25, 0.3) is 0 Å². The number of carbonyl (C=O) groups excluding carboxylic acids is 1. The van der Waals surface area contributed by atoms with E-state index in [1.807, 2.05) is 24.3 Å². The maximum absolute atomic E-state index is 12.3. The Hall–Kier alpha value is -1.31. The van der Waals surface area contributed by atoms with Crippen molar-refractivity contribution in [2.24, 2.45) is 5.92 Å². The Morgan fingerprint density at radius 2 is 1.74 bits per heavy atom. The topological polar surface area (TPSA) is 17.1 Å². The van der Waals surface area contributed by atoms with Gasteiger partial charge in [-0.1, -0.05) is 35.3 Å². The molecule has 3 heteroatoms. The van der Waals surface area contributed by atoms with Crippen molar-refractivity contribution in [1.82, 2.24) is 0 Å². The third kappa shape index (κ3) is 2.68. The SMILES string of the molecule is O=C(c1ccc(Cl)cc1)C1CC1c1cccc(Cl)c1. The number of carbonyl (C=O) groups is 1. The molecule has 0 aromatic heterocycles. The van der Waals surface area contributed by atoms with Crippen LogP contribution in [-0.4, -0.2) is 5.78 Å². The van der Waals surface area contributed by atoms with E-state index in [2.05, 4.69) is 0 Å². The van der Waals surface area contributed by atoms with E-state index in [-0.39, 0.29) is 11.7 Å². The molecule has 0 amide bonds. The molecule has 19 heavy (non-hydrogen) atoms. The van der Waals surface area contributed by atoms with E-state index in [9.17, 15) is 4.79 Å². The molecular formula is C16H12Cl2O. The number of hydrogen-bond donors (Lipinski definition) is 0. The molecule has 2 unspecified atom stereocenters. The van der Waals surface area contributed by atoms with E-state index in [0.29, 0.717) is 10.9 Å². The molecule has 96 valence electrons. The number of halogens is 2. The minimum absolute atomic E-state index is 0.0830. The van der Waals surface area contributed by atoms with Crippen LogP contribution in [0.2, 0.25) is 10.0 Å². The minimum atomic E-state index is 0.0830. The summed E-state index contributed by atoms with van der Waals surface area (Å²) in [4.78, 5) is 12.3. The van der Waals surface area contributed by atoms with Gasteiger partial charge in [0.05, 0.1) is 0 Å². The van der Waals surface area contributed by atoms with Gasteiger partial charge in [0.2, 0.25) is 0 Å². The number of ketones is 1. The van der Waals surface area contributed by atoms with Crippen LogP contribution in [0, 0.1) is 5.92 Å². The van der Waals surface area contributed by atoms with Gasteiger partial charge < -0.3 is 0 Å². The van der Waals surface area contributed by atoms with Crippen LogP contribution in [0.5, 0.6) is 0 Å². The van der Waals surface area contributed by atoms with Crippen molar-refractivity contribution in [3.05, 3.63) is 69.7 Å². The highest BCUT2D eigenvalue weighted by Crippen LogP contribution is 2.49. The number of Topliss-reactive ketones (excluding diaryl/α,β-unsaturated/α-hetero) is 1. The van der Waals surface area contributed by atoms with Crippen LogP contribution < -0.4 is 0 Å². The molecule has 1 nitrogen and oxygen atoms in total. The number of rotatable bonds is 3. The van der Waals surface area contributed by atoms with Crippen LogP contribution in [0.4, 0.5) is 0 Å². The Labute approximate surface area is 122 Å². The van der Waals surface area contributed by atoms with Crippen molar-refractivity contribution in [3.8, 4) is 0 Å². The van der Waals surface area contributed by atoms with E-state index in [4.69, 9.17) is 23.2 Å². The third-order valence-electron chi connectivity index (χ3n) is 3.53. The Kier molecular flexibility index (Phi) is 3.34. The molecule has 1 saturated carbocycles. The lowest BCUT2D eigenvalue weighted by molar-refractivity contribution is 0.0965. The smallest absolute Gasteiger partial charge is 0.166 e. The molecule has 3 rings (SSSR count). The average Bonchev–Trinajstić information content (AvgIpc) is 3.19. The van der Waals surface area contributed by atoms with E-state index in [0.717, 1.165) is 22.6 Å². The van der Waals surface area contributed by atoms with Crippen molar-refractivity contribution >= 4 is 29.0 Å². The lowest BCUT2D eigenvalue weighted by Crippen LogP contribution is -2.02. The maximum Gasteiger partial charge on any atom is 0.166 e. The highest BCUT2D eigenvalue weighted by Gasteiger charge is 2.43. The van der Waals surface area contributed by atoms with Crippen LogP contribution >= 0.6 is 23.2 Å². The van der Waals surface area contributed by atoms with Crippen molar-refractivity contribution in [1.29, 1.82) is 0 Å². The first-order valence-corrected chi connectivity index (χ1v) is 6.96. The second kappa shape index (κ2) is 4.99. The van der Waals surface area contributed by atoms with Crippen LogP contribution in [-0.2, 0) is 0 Å². The van der Waals surface area contributed by atoms with Gasteiger partial charge in [0, 0.05) is 21.5 Å². The molecule has 0 N–H and O–H groups in total. The average molecular weight is 291 g/mol. The van der Waals surface area contributed by atoms with Gasteiger partial charge in [-0.25, -0.2) is 0 Å². The zero-order valence-electron chi connectivity index (χ0n) is 10.1. The Morgan fingerprint density at radius 3 is 2.42 bits per heavy atom. The van der Waals surface area contributed by atoms with Gasteiger partial charge >= 0.3 is 0 Å². The highest BCUT2D eigenvalue weighted by atomic mass is 35.5. The van der Waals surface area contributed by atoms with Gasteiger partial charge in [-0.05, 0) is 54.3 Å². The van der Waals surface area contributed by atoms with E-state index in [1.54, 1.807) is 24.3 Å². The second-order valence-electron chi connectivity index (χ2n) is 4.87. The normalized spacial score (nSPS) is 21.2. The molecule has 1 aliphatic carbocycles. The summed E-state index contributed by atoms with van der Waals surface area (Å²) >= 11 is 11.8. The van der Waals surface area contributed by atoms with Gasteiger partial charge in [-0.3, -0.25) is 4.79 Å². The molecular weight excluding hydrogens is 279 g/mol. The van der Waals surface area contributed by atoms with Crippen molar-refractivity contribution in [3.63, 3.8) is 0 Å². The molecule has 0 radical (unpaired) electrons. The second-order valence-corrected chi connectivity index (χ2v) is 5.75. The van der Waals surface area contributed by atoms with Crippen LogP contribution in [0.1, 0.15) is 28.3 Å². The highest BCUT2D eigenvalue weighted by molar-refractivity contribution is 6.31. The molecule has 0 heterocycles. The quantitative estimate of drug-likeness (QED) is 0.729. The van der Waals surface area contributed by atoms with Gasteiger partial charge in [-0.15, -0.1) is 0 Å². The monoisotopic (exact) mass is 290 g/mol. The molecule has 2 aromatic carbocycles. The first-order chi connectivity index (χ1) is 9.15. The summed E-state index contributed by atoms with van der Waals surface area (Å²) in [5, 5.41) is 1.38. The summed E-state index contributed by atoms with van der Waals surface area (Å²) in [5.74, 6) is 0.586. The molecule has 0 saturated heterocycles. The largest absolute Gasteiger partial charge is 0.294 e. The van der Waals surface area contributed by atoms with Gasteiger partial charge in [0.1, 0.15) is 0 Å². The first kappa shape index (κ1) is 12.7. The first-order valence-electron chi connectivity index (χ1n) is 6.20. The Balaban J connectivity index is 1.76. The molecule has 0 spiro atoms. The lowest BCUT2D eigenvalue weighted by atomic mass is 10.0. The number of hydrogen-bond acceptors (Lipinski definition) is 1. The summed E-state index contributed by atoms with van der Waals surface area (Å²) in [5.41, 5.74) is 1.89.